The zero-order valence-electron chi connectivity index (χ0n) is 32.4. The Balaban J connectivity index is 0.00000756. The smallest absolute Gasteiger partial charge is 0.243 e. The molecule has 2 aromatic rings. The Kier molecular flexibility index (Phi) is 17.1. The largest absolute Gasteiger partial charge is 0.493 e. The van der Waals surface area contributed by atoms with Gasteiger partial charge in [-0.2, -0.15) is 0 Å². The predicted octanol–water partition coefficient (Wildman–Crippen LogP) is 4.27. The van der Waals surface area contributed by atoms with Crippen LogP contribution in [0.3, 0.4) is 0 Å². The van der Waals surface area contributed by atoms with Crippen LogP contribution < -0.4 is 25.4 Å². The van der Waals surface area contributed by atoms with Crippen LogP contribution in [0.1, 0.15) is 103 Å². The van der Waals surface area contributed by atoms with Crippen molar-refractivity contribution in [3.63, 3.8) is 0 Å². The number of fused-ring (bicyclic) bond motifs is 1. The number of rotatable bonds is 18. The average Bonchev–Trinajstić information content (AvgIpc) is 3.54. The van der Waals surface area contributed by atoms with Crippen LogP contribution in [0.2, 0.25) is 0 Å². The first-order chi connectivity index (χ1) is 24.9. The van der Waals surface area contributed by atoms with Crippen molar-refractivity contribution in [2.75, 3.05) is 20.3 Å². The third-order valence-electron chi connectivity index (χ3n) is 10.1. The van der Waals surface area contributed by atoms with E-state index in [1.165, 1.54) is 13.3 Å². The van der Waals surface area contributed by atoms with Crippen LogP contribution in [-0.4, -0.2) is 83.6 Å². The summed E-state index contributed by atoms with van der Waals surface area (Å²) in [6.07, 6.45) is 5.26. The lowest BCUT2D eigenvalue weighted by Crippen LogP contribution is -2.58. The van der Waals surface area contributed by atoms with Gasteiger partial charge in [-0.25, -0.2) is 0 Å². The van der Waals surface area contributed by atoms with Crippen molar-refractivity contribution < 1.29 is 39.2 Å². The Bertz CT molecular complexity index is 1480. The van der Waals surface area contributed by atoms with E-state index in [1.54, 1.807) is 18.1 Å². The van der Waals surface area contributed by atoms with Gasteiger partial charge in [-0.05, 0) is 42.2 Å². The highest BCUT2D eigenvalue weighted by atomic mass is 16.5. The number of carbonyl (C=O) groups excluding carboxylic acids is 4. The minimum absolute atomic E-state index is 0. The van der Waals surface area contributed by atoms with Crippen LogP contribution in [0, 0.1) is 17.8 Å². The third kappa shape index (κ3) is 12.5. The molecule has 0 bridgehead atoms. The average molecular weight is 739 g/mol. The lowest BCUT2D eigenvalue weighted by Gasteiger charge is -2.36. The van der Waals surface area contributed by atoms with Crippen LogP contribution >= 0.6 is 0 Å². The Labute approximate surface area is 315 Å². The highest BCUT2D eigenvalue weighted by molar-refractivity contribution is 5.92. The van der Waals surface area contributed by atoms with E-state index < -0.39 is 42.1 Å². The lowest BCUT2D eigenvalue weighted by molar-refractivity contribution is -0.143. The molecule has 0 spiro atoms. The van der Waals surface area contributed by atoms with Crippen LogP contribution in [0.5, 0.6) is 11.5 Å². The quantitative estimate of drug-likeness (QED) is 0.176. The van der Waals surface area contributed by atoms with E-state index >= 15 is 0 Å². The summed E-state index contributed by atoms with van der Waals surface area (Å²) in [6, 6.07) is 11.8. The predicted molar refractivity (Wildman–Crippen MR) is 204 cm³/mol. The monoisotopic (exact) mass is 738 g/mol. The summed E-state index contributed by atoms with van der Waals surface area (Å²) in [5, 5.41) is 20.3. The molecule has 53 heavy (non-hydrogen) atoms. The maximum Gasteiger partial charge on any atom is 0.243 e. The Morgan fingerprint density at radius 2 is 1.62 bits per heavy atom. The summed E-state index contributed by atoms with van der Waals surface area (Å²) in [5.74, 6) is 0.253. The van der Waals surface area contributed by atoms with E-state index in [2.05, 4.69) is 16.0 Å². The number of hydrogen-bond donors (Lipinski definition) is 4. The van der Waals surface area contributed by atoms with E-state index in [0.717, 1.165) is 36.8 Å². The van der Waals surface area contributed by atoms with Gasteiger partial charge in [-0.3, -0.25) is 19.2 Å². The van der Waals surface area contributed by atoms with E-state index in [1.807, 2.05) is 70.2 Å². The van der Waals surface area contributed by atoms with Gasteiger partial charge in [-0.1, -0.05) is 102 Å². The summed E-state index contributed by atoms with van der Waals surface area (Å²) < 4.78 is 11.5. The lowest BCUT2D eigenvalue weighted by atomic mass is 9.83. The maximum atomic E-state index is 14.5. The highest BCUT2D eigenvalue weighted by Crippen LogP contribution is 2.43. The summed E-state index contributed by atoms with van der Waals surface area (Å²) in [5.41, 5.74) is 1.60. The highest BCUT2D eigenvalue weighted by Gasteiger charge is 2.41. The molecule has 4 rings (SSSR count). The van der Waals surface area contributed by atoms with Crippen LogP contribution in [0.25, 0.3) is 0 Å². The van der Waals surface area contributed by atoms with Crippen molar-refractivity contribution in [1.29, 1.82) is 0 Å². The SMILES string of the molecule is COc1cccc2c1OCC2N(C(C)=O)[C@@H](Cc1ccccc1)C(=O)N[C@@H](CC(C)C)C(=O)NC(CC1CCCCC1)C(O)CC(=O)NCC(C)C.O. The first kappa shape index (κ1) is 43.2. The fourth-order valence-corrected chi connectivity index (χ4v) is 7.47. The number of methoxy groups -OCH3 is 1. The maximum absolute atomic E-state index is 14.5. The molecule has 1 heterocycles. The first-order valence-electron chi connectivity index (χ1n) is 19.1. The topological polar surface area (TPSA) is 178 Å². The molecule has 3 unspecified atom stereocenters. The van der Waals surface area contributed by atoms with Gasteiger partial charge in [0.1, 0.15) is 18.7 Å². The zero-order valence-corrected chi connectivity index (χ0v) is 32.4. The van der Waals surface area contributed by atoms with Gasteiger partial charge >= 0.3 is 0 Å². The van der Waals surface area contributed by atoms with E-state index in [-0.39, 0.29) is 48.6 Å². The standard InChI is InChI=1S/C41H60N4O7.H2O/c1-26(2)20-33(40(49)43-32(21-29-14-9-7-10-15-29)36(47)23-38(48)42-24-27(3)4)44-41(50)34(22-30-16-11-8-12-17-30)45(28(5)46)35-25-52-39-31(35)18-13-19-37(39)51-6;/h8,11-13,16-19,26-27,29,32-36,47H,7,9-10,14-15,20-25H2,1-6H3,(H,42,48)(H,43,49)(H,44,50);1H2/t32?,33-,34-,35?,36?;/m0./s1. The number of benzene rings is 2. The number of hydrogen-bond acceptors (Lipinski definition) is 7. The molecule has 12 heteroatoms. The van der Waals surface area contributed by atoms with E-state index in [4.69, 9.17) is 9.47 Å². The number of para-hydroxylation sites is 1. The number of ether oxygens (including phenoxy) is 2. The molecule has 5 atom stereocenters. The molecule has 1 aliphatic heterocycles. The molecule has 0 saturated heterocycles. The molecule has 1 saturated carbocycles. The van der Waals surface area contributed by atoms with E-state index in [9.17, 15) is 24.3 Å². The molecule has 1 fully saturated rings. The number of carbonyl (C=O) groups is 4. The van der Waals surface area contributed by atoms with Crippen LogP contribution in [-0.2, 0) is 25.6 Å². The molecular weight excluding hydrogens is 676 g/mol. The summed E-state index contributed by atoms with van der Waals surface area (Å²) in [7, 11) is 1.56. The molecule has 0 aromatic heterocycles. The molecule has 0 radical (unpaired) electrons. The summed E-state index contributed by atoms with van der Waals surface area (Å²) >= 11 is 0. The van der Waals surface area contributed by atoms with Crippen molar-refractivity contribution in [1.82, 2.24) is 20.9 Å². The second-order valence-electron chi connectivity index (χ2n) is 15.4. The summed E-state index contributed by atoms with van der Waals surface area (Å²) in [6.45, 7) is 10.0. The van der Waals surface area contributed by atoms with Crippen LogP contribution in [0.4, 0.5) is 0 Å². The summed E-state index contributed by atoms with van der Waals surface area (Å²) in [4.78, 5) is 56.6. The van der Waals surface area contributed by atoms with E-state index in [0.29, 0.717) is 36.8 Å². The molecule has 4 amide bonds. The number of amides is 4. The van der Waals surface area contributed by atoms with Gasteiger partial charge in [0.2, 0.25) is 23.6 Å². The third-order valence-corrected chi connectivity index (χ3v) is 10.1. The number of nitrogens with one attached hydrogen (secondary N) is 3. The number of aliphatic hydroxyl groups excluding tert-OH is 1. The van der Waals surface area contributed by atoms with Gasteiger partial charge in [0.05, 0.1) is 31.7 Å². The molecule has 2 aliphatic rings. The minimum atomic E-state index is -1.09. The Hall–Kier alpha value is -4.16. The fourth-order valence-electron chi connectivity index (χ4n) is 7.47. The molecule has 1 aliphatic carbocycles. The molecular formula is C41H62N4O8. The molecule has 294 valence electrons. The Morgan fingerprint density at radius 3 is 2.25 bits per heavy atom. The number of aliphatic hydroxyl groups is 1. The van der Waals surface area contributed by atoms with Crippen molar-refractivity contribution in [2.45, 2.75) is 123 Å². The van der Waals surface area contributed by atoms with Crippen LogP contribution in [0.15, 0.2) is 48.5 Å². The normalized spacial score (nSPS) is 17.7. The molecule has 2 aromatic carbocycles. The van der Waals surface area contributed by atoms with Gasteiger partial charge in [0, 0.05) is 25.5 Å². The minimum Gasteiger partial charge on any atom is -0.493 e. The van der Waals surface area contributed by atoms with Crippen molar-refractivity contribution in [2.24, 2.45) is 17.8 Å². The second-order valence-corrected chi connectivity index (χ2v) is 15.4. The zero-order chi connectivity index (χ0) is 37.8. The fraction of sp³-hybridized carbons (Fsp3) is 0.610. The van der Waals surface area contributed by atoms with Crippen molar-refractivity contribution in [3.8, 4) is 11.5 Å². The van der Waals surface area contributed by atoms with Gasteiger partial charge < -0.3 is 40.9 Å². The number of nitrogens with zero attached hydrogens (tertiary/aromatic N) is 1. The van der Waals surface area contributed by atoms with Gasteiger partial charge in [-0.15, -0.1) is 0 Å². The van der Waals surface area contributed by atoms with Crippen molar-refractivity contribution in [3.05, 3.63) is 59.7 Å². The first-order valence-corrected chi connectivity index (χ1v) is 19.1. The van der Waals surface area contributed by atoms with Gasteiger partial charge in [0.25, 0.3) is 0 Å². The molecule has 6 N–H and O–H groups in total. The van der Waals surface area contributed by atoms with Crippen molar-refractivity contribution >= 4 is 23.6 Å². The molecule has 12 nitrogen and oxygen atoms in total. The van der Waals surface area contributed by atoms with Gasteiger partial charge in [0.15, 0.2) is 11.5 Å². The Morgan fingerprint density at radius 1 is 0.925 bits per heavy atom. The second kappa shape index (κ2) is 20.9.